The van der Waals surface area contributed by atoms with Crippen molar-refractivity contribution >= 4 is 11.9 Å². The molecule has 0 saturated carbocycles. The molecule has 0 rings (SSSR count). The lowest BCUT2D eigenvalue weighted by atomic mass is 10.0. The molecule has 3 unspecified atom stereocenters. The Kier molecular flexibility index (Phi) is 43.9. The first-order valence-corrected chi connectivity index (χ1v) is 24.2. The summed E-state index contributed by atoms with van der Waals surface area (Å²) in [7, 11) is 0. The predicted octanol–water partition coefficient (Wildman–Crippen LogP) is 14.3. The molecule has 0 aliphatic rings. The van der Waals surface area contributed by atoms with Crippen molar-refractivity contribution in [2.75, 3.05) is 6.61 Å². The van der Waals surface area contributed by atoms with Crippen LogP contribution in [0.2, 0.25) is 0 Å². The highest BCUT2D eigenvalue weighted by Gasteiger charge is 2.23. The second-order valence-corrected chi connectivity index (χ2v) is 15.8. The van der Waals surface area contributed by atoms with E-state index in [9.17, 15) is 19.8 Å². The van der Waals surface area contributed by atoms with Gasteiger partial charge in [0.25, 0.3) is 0 Å². The number of aliphatic hydroxyl groups is 2. The fraction of sp³-hybridized carbons (Fsp3) is 0.630. The molecule has 0 aliphatic heterocycles. The Morgan fingerprint density at radius 1 is 0.533 bits per heavy atom. The van der Waals surface area contributed by atoms with Crippen LogP contribution in [0.25, 0.3) is 0 Å². The lowest BCUT2D eigenvalue weighted by Gasteiger charge is -2.23. The molecule has 0 bridgehead atoms. The third-order valence-corrected chi connectivity index (χ3v) is 10.2. The number of carbonyl (C=O) groups is 2. The first-order chi connectivity index (χ1) is 29.5. The van der Waals surface area contributed by atoms with E-state index >= 15 is 0 Å². The van der Waals surface area contributed by atoms with Gasteiger partial charge in [0.2, 0.25) is 5.91 Å². The number of ether oxygens (including phenoxy) is 1. The molecule has 0 aromatic heterocycles. The predicted molar refractivity (Wildman–Crippen MR) is 259 cm³/mol. The molecule has 0 aromatic carbocycles. The van der Waals surface area contributed by atoms with E-state index in [1.165, 1.54) is 51.4 Å². The lowest BCUT2D eigenvalue weighted by molar-refractivity contribution is -0.148. The van der Waals surface area contributed by atoms with Crippen LogP contribution < -0.4 is 5.32 Å². The quantitative estimate of drug-likeness (QED) is 0.0247. The number of unbranched alkanes of at least 4 members (excludes halogenated alkanes) is 15. The normalized spacial score (nSPS) is 14.3. The second-order valence-electron chi connectivity index (χ2n) is 15.8. The van der Waals surface area contributed by atoms with Crippen LogP contribution >= 0.6 is 0 Å². The van der Waals surface area contributed by atoms with Gasteiger partial charge in [0.1, 0.15) is 6.10 Å². The maximum absolute atomic E-state index is 13.1. The molecule has 0 aromatic rings. The molecule has 3 N–H and O–H groups in total. The maximum atomic E-state index is 13.1. The molecule has 0 fully saturated rings. The monoisotopic (exact) mass is 832 g/mol. The summed E-state index contributed by atoms with van der Waals surface area (Å²) < 4.78 is 5.80. The number of aliphatic hydroxyl groups excluding tert-OH is 2. The first-order valence-electron chi connectivity index (χ1n) is 24.2. The summed E-state index contributed by atoms with van der Waals surface area (Å²) in [5.74, 6) is -0.666. The molecular formula is C54H89NO5. The molecule has 6 heteroatoms. The molecule has 0 aliphatic carbocycles. The van der Waals surface area contributed by atoms with Crippen molar-refractivity contribution in [1.82, 2.24) is 5.32 Å². The van der Waals surface area contributed by atoms with Crippen LogP contribution in [0.4, 0.5) is 0 Å². The number of carbonyl (C=O) groups excluding carboxylic acids is 2. The maximum Gasteiger partial charge on any atom is 0.306 e. The van der Waals surface area contributed by atoms with E-state index < -0.39 is 18.2 Å². The molecular weight excluding hydrogens is 743 g/mol. The third-order valence-electron chi connectivity index (χ3n) is 10.2. The molecule has 0 radical (unpaired) electrons. The summed E-state index contributed by atoms with van der Waals surface area (Å²) in [4.78, 5) is 26.0. The molecule has 3 atom stereocenters. The Labute approximate surface area is 368 Å². The fourth-order valence-corrected chi connectivity index (χ4v) is 6.54. The van der Waals surface area contributed by atoms with E-state index in [0.717, 1.165) is 96.3 Å². The minimum Gasteiger partial charge on any atom is -0.458 e. The lowest BCUT2D eigenvalue weighted by Crippen LogP contribution is -2.46. The number of hydrogen-bond acceptors (Lipinski definition) is 5. The molecule has 6 nitrogen and oxygen atoms in total. The highest BCUT2D eigenvalue weighted by molar-refractivity contribution is 5.78. The van der Waals surface area contributed by atoms with Crippen molar-refractivity contribution < 1.29 is 24.5 Å². The van der Waals surface area contributed by atoms with Crippen LogP contribution in [0, 0.1) is 0 Å². The Balaban J connectivity index is 4.86. The Morgan fingerprint density at radius 3 is 1.53 bits per heavy atom. The van der Waals surface area contributed by atoms with Crippen LogP contribution in [0.5, 0.6) is 0 Å². The van der Waals surface area contributed by atoms with Gasteiger partial charge in [-0.15, -0.1) is 0 Å². The molecule has 0 saturated heterocycles. The number of hydrogen-bond donors (Lipinski definition) is 3. The van der Waals surface area contributed by atoms with Gasteiger partial charge in [-0.3, -0.25) is 9.59 Å². The second kappa shape index (κ2) is 46.6. The Bertz CT molecular complexity index is 1250. The van der Waals surface area contributed by atoms with E-state index in [4.69, 9.17) is 4.74 Å². The van der Waals surface area contributed by atoms with Gasteiger partial charge in [-0.2, -0.15) is 0 Å². The SMILES string of the molecule is CC/C=C\C/C=C\C/C=C\C/C=C\C/C=C\C/C=C\C(CC(=O)NC(CO)C(O)CCCCCCCCCCCCC)OC(=O)CCCCCCC\C=C/C=C/C=C/CC. The topological polar surface area (TPSA) is 95.9 Å². The highest BCUT2D eigenvalue weighted by Crippen LogP contribution is 2.15. The van der Waals surface area contributed by atoms with Crippen LogP contribution in [-0.4, -0.2) is 46.9 Å². The van der Waals surface area contributed by atoms with Gasteiger partial charge in [-0.25, -0.2) is 0 Å². The number of amides is 1. The number of esters is 1. The standard InChI is InChI=1S/C54H89NO5/c1-4-7-10-13-16-19-22-24-25-26-27-29-31-33-36-39-42-45-50(60-54(59)47-44-41-38-35-32-28-23-20-17-14-11-8-5-2)48-53(58)55-51(49-56)52(57)46-43-40-37-34-30-21-18-15-12-9-6-3/h7-8,10-11,14,16-17,19-20,23-25,27,29,33,36,42,45,50-52,56-57H,4-6,9,12-13,15,18,21-22,26,28,30-32,34-35,37-41,43-44,46-49H2,1-3H3,(H,55,58)/b10-7-,11-8+,17-14+,19-16-,23-20-,25-24-,29-27-,36-33-,45-42-. The van der Waals surface area contributed by atoms with E-state index in [-0.39, 0.29) is 24.9 Å². The van der Waals surface area contributed by atoms with Crippen molar-refractivity contribution in [3.8, 4) is 0 Å². The summed E-state index contributed by atoms with van der Waals surface area (Å²) in [6.45, 7) is 6.17. The minimum atomic E-state index is -0.828. The van der Waals surface area contributed by atoms with Gasteiger partial charge >= 0.3 is 5.97 Å². The van der Waals surface area contributed by atoms with Crippen LogP contribution in [0.1, 0.15) is 194 Å². The average Bonchev–Trinajstić information content (AvgIpc) is 3.24. The van der Waals surface area contributed by atoms with Gasteiger partial charge in [-0.05, 0) is 76.7 Å². The van der Waals surface area contributed by atoms with Gasteiger partial charge in [0, 0.05) is 6.42 Å². The fourth-order valence-electron chi connectivity index (χ4n) is 6.54. The number of allylic oxidation sites excluding steroid dienone is 17. The van der Waals surface area contributed by atoms with Gasteiger partial charge in [0.15, 0.2) is 0 Å². The molecule has 1 amide bonds. The van der Waals surface area contributed by atoms with Gasteiger partial charge in [0.05, 0.1) is 25.2 Å². The molecule has 0 spiro atoms. The number of rotatable bonds is 41. The molecule has 60 heavy (non-hydrogen) atoms. The summed E-state index contributed by atoms with van der Waals surface area (Å²) in [5, 5.41) is 23.6. The summed E-state index contributed by atoms with van der Waals surface area (Å²) in [6, 6.07) is -0.753. The van der Waals surface area contributed by atoms with Crippen molar-refractivity contribution in [3.05, 3.63) is 109 Å². The zero-order chi connectivity index (χ0) is 43.8. The van der Waals surface area contributed by atoms with Gasteiger partial charge < -0.3 is 20.3 Å². The van der Waals surface area contributed by atoms with Crippen LogP contribution in [-0.2, 0) is 14.3 Å². The van der Waals surface area contributed by atoms with E-state index in [1.807, 2.05) is 6.08 Å². The van der Waals surface area contributed by atoms with Crippen molar-refractivity contribution in [1.29, 1.82) is 0 Å². The molecule has 340 valence electrons. The van der Waals surface area contributed by atoms with Crippen LogP contribution in [0.3, 0.4) is 0 Å². The van der Waals surface area contributed by atoms with Crippen molar-refractivity contribution in [2.45, 2.75) is 212 Å². The summed E-state index contributed by atoms with van der Waals surface area (Å²) in [5.41, 5.74) is 0. The van der Waals surface area contributed by atoms with Crippen molar-refractivity contribution in [3.63, 3.8) is 0 Å². The summed E-state index contributed by atoms with van der Waals surface area (Å²) >= 11 is 0. The van der Waals surface area contributed by atoms with E-state index in [1.54, 1.807) is 6.08 Å². The zero-order valence-corrected chi connectivity index (χ0v) is 38.5. The average molecular weight is 832 g/mol. The van der Waals surface area contributed by atoms with E-state index in [2.05, 4.69) is 123 Å². The van der Waals surface area contributed by atoms with Crippen molar-refractivity contribution in [2.24, 2.45) is 0 Å². The third kappa shape index (κ3) is 41.3. The van der Waals surface area contributed by atoms with Gasteiger partial charge in [-0.1, -0.05) is 214 Å². The highest BCUT2D eigenvalue weighted by atomic mass is 16.5. The van der Waals surface area contributed by atoms with E-state index in [0.29, 0.717) is 19.3 Å². The smallest absolute Gasteiger partial charge is 0.306 e. The Hall–Kier alpha value is -3.48. The zero-order valence-electron chi connectivity index (χ0n) is 38.5. The Morgan fingerprint density at radius 2 is 1.00 bits per heavy atom. The number of nitrogens with one attached hydrogen (secondary N) is 1. The summed E-state index contributed by atoms with van der Waals surface area (Å²) in [6.07, 6.45) is 63.2. The minimum absolute atomic E-state index is 0.0623. The largest absolute Gasteiger partial charge is 0.458 e. The first kappa shape index (κ1) is 56.5. The molecule has 0 heterocycles. The van der Waals surface area contributed by atoms with Crippen LogP contribution in [0.15, 0.2) is 109 Å².